The molecule has 22 heavy (non-hydrogen) atoms. The van der Waals surface area contributed by atoms with Gasteiger partial charge >= 0.3 is 21.7 Å². The maximum absolute atomic E-state index is 3.62. The average molecular weight is 368 g/mol. The predicted octanol–water partition coefficient (Wildman–Crippen LogP) is -1.26. The summed E-state index contributed by atoms with van der Waals surface area (Å²) in [5.74, 6) is 0. The Morgan fingerprint density at radius 1 is 1.09 bits per heavy atom. The Hall–Kier alpha value is -0.726. The van der Waals surface area contributed by atoms with E-state index in [2.05, 4.69) is 62.8 Å². The number of para-hydroxylation sites is 1. The van der Waals surface area contributed by atoms with Crippen molar-refractivity contribution in [2.45, 2.75) is 26.2 Å². The molecule has 114 valence electrons. The Kier molecular flexibility index (Phi) is 10.8. The van der Waals surface area contributed by atoms with Crippen molar-refractivity contribution >= 4 is 10.9 Å². The van der Waals surface area contributed by atoms with Crippen molar-refractivity contribution in [1.82, 2.24) is 4.98 Å². The molecule has 1 N–H and O–H groups in total. The van der Waals surface area contributed by atoms with Crippen molar-refractivity contribution in [3.63, 3.8) is 0 Å². The van der Waals surface area contributed by atoms with E-state index in [1.165, 1.54) is 16.5 Å². The second kappa shape index (κ2) is 10.1. The molecule has 3 rings (SSSR count). The number of fused-ring (bicyclic) bond motifs is 1. The molecule has 1 aromatic heterocycles. The third-order valence-corrected chi connectivity index (χ3v) is 2.93. The summed E-state index contributed by atoms with van der Waals surface area (Å²) in [6.07, 6.45) is 11.8. The number of rotatable bonds is 0. The van der Waals surface area contributed by atoms with Gasteiger partial charge in [0.15, 0.2) is 0 Å². The molecule has 0 amide bonds. The number of nitrogens with one attached hydrogen (secondary N) is 1. The van der Waals surface area contributed by atoms with Crippen LogP contribution in [0.3, 0.4) is 0 Å². The number of benzene rings is 1. The molecule has 0 spiro atoms. The topological polar surface area (TPSA) is 15.8 Å². The van der Waals surface area contributed by atoms with E-state index in [1.807, 2.05) is 24.3 Å². The van der Waals surface area contributed by atoms with Crippen LogP contribution in [0.15, 0.2) is 54.6 Å². The van der Waals surface area contributed by atoms with Gasteiger partial charge in [-0.15, -0.1) is 35.5 Å². The van der Waals surface area contributed by atoms with Gasteiger partial charge in [-0.05, 0) is 5.41 Å². The van der Waals surface area contributed by atoms with Crippen molar-refractivity contribution < 1.29 is 46.5 Å². The molecule has 0 saturated heterocycles. The summed E-state index contributed by atoms with van der Waals surface area (Å²) in [6, 6.07) is 8.34. The van der Waals surface area contributed by atoms with Gasteiger partial charge in [0.25, 0.3) is 0 Å². The first-order chi connectivity index (χ1) is 8.98. The fourth-order valence-electron chi connectivity index (χ4n) is 1.97. The van der Waals surface area contributed by atoms with E-state index in [0.29, 0.717) is 0 Å². The van der Waals surface area contributed by atoms with Crippen molar-refractivity contribution in [2.75, 3.05) is 0 Å². The minimum absolute atomic E-state index is 0. The molecule has 0 aliphatic heterocycles. The van der Waals surface area contributed by atoms with E-state index in [4.69, 9.17) is 0 Å². The SMILES string of the molecule is C=C1[C-]=CC=C1.CC(C)(C)c1[c-][nH]c2ccccc12.[Cl-].[Cl-].[Ti+4]. The number of halogens is 2. The minimum atomic E-state index is 0. The standard InChI is InChI=1S/C12H14N.C6H5.2ClH.Ti/c1-12(2,3)10-8-13-11-7-5-4-6-9(10)11;1-6-4-2-3-5-6;;;/h4-7,13H,1-3H3;2-4H,1H2;2*1H;/q2*-1;;;+4/p-2. The Labute approximate surface area is 160 Å². The molecular formula is C18H19Cl2NTi. The second-order valence-electron chi connectivity index (χ2n) is 5.62. The molecule has 1 aliphatic carbocycles. The zero-order valence-corrected chi connectivity index (χ0v) is 16.1. The largest absolute Gasteiger partial charge is 4.00 e. The fourth-order valence-corrected chi connectivity index (χ4v) is 1.97. The van der Waals surface area contributed by atoms with Gasteiger partial charge in [-0.1, -0.05) is 32.9 Å². The zero-order valence-electron chi connectivity index (χ0n) is 13.0. The van der Waals surface area contributed by atoms with Crippen molar-refractivity contribution in [3.05, 3.63) is 72.5 Å². The maximum atomic E-state index is 3.62. The summed E-state index contributed by atoms with van der Waals surface area (Å²) in [4.78, 5) is 3.17. The van der Waals surface area contributed by atoms with E-state index < -0.39 is 0 Å². The van der Waals surface area contributed by atoms with Gasteiger partial charge in [0.1, 0.15) is 0 Å². The number of aromatic amines is 1. The van der Waals surface area contributed by atoms with Crippen LogP contribution in [0.1, 0.15) is 26.3 Å². The number of allylic oxidation sites excluding steroid dienone is 5. The summed E-state index contributed by atoms with van der Waals surface area (Å²) in [5, 5.41) is 1.29. The first-order valence-corrected chi connectivity index (χ1v) is 6.42. The molecule has 0 atom stereocenters. The molecular weight excluding hydrogens is 349 g/mol. The molecule has 1 nitrogen and oxygen atoms in total. The van der Waals surface area contributed by atoms with Crippen LogP contribution < -0.4 is 24.8 Å². The molecule has 1 aromatic carbocycles. The molecule has 4 heteroatoms. The van der Waals surface area contributed by atoms with Gasteiger partial charge in [-0.2, -0.15) is 35.8 Å². The molecule has 0 saturated carbocycles. The van der Waals surface area contributed by atoms with Gasteiger partial charge in [-0.25, -0.2) is 0 Å². The molecule has 1 heterocycles. The van der Waals surface area contributed by atoms with Crippen molar-refractivity contribution in [1.29, 1.82) is 0 Å². The van der Waals surface area contributed by atoms with Crippen LogP contribution >= 0.6 is 0 Å². The van der Waals surface area contributed by atoms with Crippen LogP contribution in [0.5, 0.6) is 0 Å². The summed E-state index contributed by atoms with van der Waals surface area (Å²) in [5.41, 5.74) is 3.57. The monoisotopic (exact) mass is 367 g/mol. The number of H-pyrrole nitrogens is 1. The Morgan fingerprint density at radius 2 is 1.73 bits per heavy atom. The predicted molar refractivity (Wildman–Crippen MR) is 81.9 cm³/mol. The van der Waals surface area contributed by atoms with Crippen molar-refractivity contribution in [3.8, 4) is 0 Å². The molecule has 2 aromatic rings. The smallest absolute Gasteiger partial charge is 1.00 e. The Balaban J connectivity index is 0. The molecule has 0 bridgehead atoms. The Bertz CT molecular complexity index is 634. The fraction of sp³-hybridized carbons (Fsp3) is 0.222. The van der Waals surface area contributed by atoms with Crippen LogP contribution in [-0.2, 0) is 27.1 Å². The van der Waals surface area contributed by atoms with Crippen molar-refractivity contribution in [2.24, 2.45) is 0 Å². The average Bonchev–Trinajstić information content (AvgIpc) is 2.97. The normalized spacial score (nSPS) is 11.9. The molecule has 0 fully saturated rings. The molecule has 0 unspecified atom stereocenters. The van der Waals surface area contributed by atoms with Crippen LogP contribution in [0.25, 0.3) is 10.9 Å². The van der Waals surface area contributed by atoms with Crippen LogP contribution in [-0.4, -0.2) is 4.98 Å². The van der Waals surface area contributed by atoms with Gasteiger partial charge in [0, 0.05) is 0 Å². The quantitative estimate of drug-likeness (QED) is 0.442. The van der Waals surface area contributed by atoms with E-state index in [1.54, 1.807) is 0 Å². The third kappa shape index (κ3) is 6.18. The third-order valence-electron chi connectivity index (χ3n) is 2.93. The molecule has 1 aliphatic rings. The first kappa shape index (κ1) is 23.5. The van der Waals surface area contributed by atoms with Gasteiger partial charge in [0.2, 0.25) is 0 Å². The van der Waals surface area contributed by atoms with Gasteiger partial charge in [0.05, 0.1) is 0 Å². The number of hydrogen-bond acceptors (Lipinski definition) is 0. The van der Waals surface area contributed by atoms with Crippen LogP contribution in [0.2, 0.25) is 0 Å². The Morgan fingerprint density at radius 3 is 2.18 bits per heavy atom. The van der Waals surface area contributed by atoms with E-state index >= 15 is 0 Å². The van der Waals surface area contributed by atoms with Gasteiger partial charge < -0.3 is 29.8 Å². The van der Waals surface area contributed by atoms with E-state index in [9.17, 15) is 0 Å². The van der Waals surface area contributed by atoms with E-state index in [0.717, 1.165) is 5.57 Å². The second-order valence-corrected chi connectivity index (χ2v) is 5.62. The first-order valence-electron chi connectivity index (χ1n) is 6.42. The summed E-state index contributed by atoms with van der Waals surface area (Å²) in [7, 11) is 0. The number of aromatic nitrogens is 1. The summed E-state index contributed by atoms with van der Waals surface area (Å²) >= 11 is 0. The van der Waals surface area contributed by atoms with E-state index in [-0.39, 0.29) is 51.9 Å². The van der Waals surface area contributed by atoms with Crippen LogP contribution in [0, 0.1) is 12.3 Å². The zero-order chi connectivity index (χ0) is 13.9. The van der Waals surface area contributed by atoms with Gasteiger partial charge in [-0.3, -0.25) is 0 Å². The number of hydrogen-bond donors (Lipinski definition) is 1. The summed E-state index contributed by atoms with van der Waals surface area (Å²) in [6.45, 7) is 10.2. The summed E-state index contributed by atoms with van der Waals surface area (Å²) < 4.78 is 0. The minimum Gasteiger partial charge on any atom is -1.00 e. The molecule has 0 radical (unpaired) electrons. The van der Waals surface area contributed by atoms with Crippen LogP contribution in [0.4, 0.5) is 0 Å². The maximum Gasteiger partial charge on any atom is 4.00 e.